The van der Waals surface area contributed by atoms with Crippen molar-refractivity contribution in [1.82, 2.24) is 10.6 Å². The SMILES string of the molecule is CCCCCNC(=O)NC1=CNc2ccccc2C(c2ccccc2)=N1. The van der Waals surface area contributed by atoms with E-state index in [-0.39, 0.29) is 6.03 Å². The van der Waals surface area contributed by atoms with Gasteiger partial charge < -0.3 is 10.6 Å². The Hall–Kier alpha value is -3.08. The highest BCUT2D eigenvalue weighted by atomic mass is 16.2. The number of rotatable bonds is 6. The number of nitrogens with zero attached hydrogens (tertiary/aromatic N) is 1. The Bertz CT molecular complexity index is 812. The maximum absolute atomic E-state index is 12.1. The standard InChI is InChI=1S/C21H24N4O/c1-2-3-9-14-22-21(26)25-19-15-23-18-13-8-7-12-17(18)20(24-19)16-10-5-4-6-11-16/h4-8,10-13,15,23H,2-3,9,14H2,1H3,(H2,22,25,26). The molecule has 0 unspecified atom stereocenters. The first-order chi connectivity index (χ1) is 12.8. The van der Waals surface area contributed by atoms with Crippen molar-refractivity contribution in [1.29, 1.82) is 0 Å². The average Bonchev–Trinajstić information content (AvgIpc) is 2.86. The fraction of sp³-hybridized carbons (Fsp3) is 0.238. The summed E-state index contributed by atoms with van der Waals surface area (Å²) in [5.41, 5.74) is 3.77. The second kappa shape index (κ2) is 8.85. The highest BCUT2D eigenvalue weighted by Gasteiger charge is 2.15. The van der Waals surface area contributed by atoms with Gasteiger partial charge in [0, 0.05) is 29.6 Å². The summed E-state index contributed by atoms with van der Waals surface area (Å²) in [6.07, 6.45) is 4.93. The van der Waals surface area contributed by atoms with E-state index in [0.29, 0.717) is 12.4 Å². The number of unbranched alkanes of at least 4 members (excludes halogenated alkanes) is 2. The highest BCUT2D eigenvalue weighted by molar-refractivity contribution is 6.16. The third kappa shape index (κ3) is 4.51. The van der Waals surface area contributed by atoms with Crippen molar-refractivity contribution in [2.45, 2.75) is 26.2 Å². The van der Waals surface area contributed by atoms with Crippen LogP contribution in [-0.2, 0) is 0 Å². The predicted molar refractivity (Wildman–Crippen MR) is 106 cm³/mol. The lowest BCUT2D eigenvalue weighted by atomic mass is 10.0. The molecule has 5 heteroatoms. The van der Waals surface area contributed by atoms with E-state index in [4.69, 9.17) is 4.99 Å². The van der Waals surface area contributed by atoms with E-state index >= 15 is 0 Å². The Morgan fingerprint density at radius 1 is 1.04 bits per heavy atom. The zero-order valence-electron chi connectivity index (χ0n) is 15.0. The number of para-hydroxylation sites is 1. The van der Waals surface area contributed by atoms with E-state index in [1.807, 2.05) is 54.6 Å². The van der Waals surface area contributed by atoms with Gasteiger partial charge in [0.2, 0.25) is 0 Å². The lowest BCUT2D eigenvalue weighted by molar-refractivity contribution is 0.243. The van der Waals surface area contributed by atoms with Gasteiger partial charge in [-0.05, 0) is 12.5 Å². The number of urea groups is 1. The van der Waals surface area contributed by atoms with Crippen LogP contribution in [0.2, 0.25) is 0 Å². The molecule has 26 heavy (non-hydrogen) atoms. The normalized spacial score (nSPS) is 12.8. The Kier molecular flexibility index (Phi) is 6.04. The highest BCUT2D eigenvalue weighted by Crippen LogP contribution is 2.23. The molecule has 0 atom stereocenters. The molecule has 0 aromatic heterocycles. The van der Waals surface area contributed by atoms with Crippen LogP contribution in [0.25, 0.3) is 0 Å². The Balaban J connectivity index is 1.81. The fourth-order valence-electron chi connectivity index (χ4n) is 2.79. The van der Waals surface area contributed by atoms with Gasteiger partial charge in [0.05, 0.1) is 5.71 Å². The first kappa shape index (κ1) is 17.7. The molecular weight excluding hydrogens is 324 g/mol. The molecule has 134 valence electrons. The lowest BCUT2D eigenvalue weighted by Crippen LogP contribution is -2.35. The first-order valence-corrected chi connectivity index (χ1v) is 9.03. The van der Waals surface area contributed by atoms with Crippen LogP contribution in [0.1, 0.15) is 37.3 Å². The van der Waals surface area contributed by atoms with Crippen LogP contribution in [0, 0.1) is 0 Å². The van der Waals surface area contributed by atoms with Crippen LogP contribution in [0.3, 0.4) is 0 Å². The van der Waals surface area contributed by atoms with E-state index in [2.05, 4.69) is 22.9 Å². The lowest BCUT2D eigenvalue weighted by Gasteiger charge is -2.10. The molecule has 2 amide bonds. The molecule has 5 nitrogen and oxygen atoms in total. The summed E-state index contributed by atoms with van der Waals surface area (Å²) in [5.74, 6) is 0.480. The van der Waals surface area contributed by atoms with Crippen molar-refractivity contribution in [3.8, 4) is 0 Å². The van der Waals surface area contributed by atoms with Gasteiger partial charge in [-0.15, -0.1) is 0 Å². The molecule has 2 aromatic rings. The molecule has 0 aliphatic carbocycles. The summed E-state index contributed by atoms with van der Waals surface area (Å²) in [5, 5.41) is 8.94. The topological polar surface area (TPSA) is 65.5 Å². The third-order valence-electron chi connectivity index (χ3n) is 4.13. The zero-order chi connectivity index (χ0) is 18.2. The number of hydrogen-bond donors (Lipinski definition) is 3. The van der Waals surface area contributed by atoms with Gasteiger partial charge in [0.1, 0.15) is 0 Å². The summed E-state index contributed by atoms with van der Waals surface area (Å²) >= 11 is 0. The molecule has 0 saturated carbocycles. The summed E-state index contributed by atoms with van der Waals surface area (Å²) < 4.78 is 0. The molecular formula is C21H24N4O. The molecule has 2 aromatic carbocycles. The van der Waals surface area contributed by atoms with E-state index in [1.54, 1.807) is 6.20 Å². The molecule has 3 N–H and O–H groups in total. The van der Waals surface area contributed by atoms with Crippen LogP contribution >= 0.6 is 0 Å². The zero-order valence-corrected chi connectivity index (χ0v) is 15.0. The molecule has 0 fully saturated rings. The Morgan fingerprint density at radius 2 is 1.81 bits per heavy atom. The number of benzene rings is 2. The van der Waals surface area contributed by atoms with E-state index in [1.165, 1.54) is 0 Å². The Labute approximate surface area is 154 Å². The molecule has 1 aliphatic rings. The number of carbonyl (C=O) groups excluding carboxylic acids is 1. The number of nitrogens with one attached hydrogen (secondary N) is 3. The molecule has 1 aliphatic heterocycles. The van der Waals surface area contributed by atoms with Gasteiger partial charge in [0.25, 0.3) is 0 Å². The van der Waals surface area contributed by atoms with Gasteiger partial charge in [-0.25, -0.2) is 9.79 Å². The maximum atomic E-state index is 12.1. The minimum Gasteiger partial charge on any atom is -0.358 e. The van der Waals surface area contributed by atoms with E-state index in [0.717, 1.165) is 41.8 Å². The number of fused-ring (bicyclic) bond motifs is 1. The van der Waals surface area contributed by atoms with Crippen molar-refractivity contribution in [2.75, 3.05) is 11.9 Å². The largest absolute Gasteiger partial charge is 0.358 e. The van der Waals surface area contributed by atoms with Gasteiger partial charge in [-0.2, -0.15) is 0 Å². The van der Waals surface area contributed by atoms with Gasteiger partial charge in [-0.3, -0.25) is 5.32 Å². The summed E-state index contributed by atoms with van der Waals surface area (Å²) in [6.45, 7) is 2.80. The first-order valence-electron chi connectivity index (χ1n) is 9.03. The fourth-order valence-corrected chi connectivity index (χ4v) is 2.79. The predicted octanol–water partition coefficient (Wildman–Crippen LogP) is 4.24. The van der Waals surface area contributed by atoms with Crippen LogP contribution in [0.15, 0.2) is 71.6 Å². The van der Waals surface area contributed by atoms with Crippen LogP contribution in [-0.4, -0.2) is 18.3 Å². The third-order valence-corrected chi connectivity index (χ3v) is 4.13. The van der Waals surface area contributed by atoms with Crippen molar-refractivity contribution < 1.29 is 4.79 Å². The summed E-state index contributed by atoms with van der Waals surface area (Å²) in [6, 6.07) is 17.7. The van der Waals surface area contributed by atoms with Crippen molar-refractivity contribution >= 4 is 17.4 Å². The monoisotopic (exact) mass is 348 g/mol. The number of anilines is 1. The number of hydrogen-bond acceptors (Lipinski definition) is 3. The molecule has 0 saturated heterocycles. The Morgan fingerprint density at radius 3 is 2.62 bits per heavy atom. The van der Waals surface area contributed by atoms with Crippen LogP contribution in [0.4, 0.5) is 10.5 Å². The second-order valence-electron chi connectivity index (χ2n) is 6.13. The summed E-state index contributed by atoms with van der Waals surface area (Å²) in [7, 11) is 0. The number of aliphatic imine (C=N–C) groups is 1. The minimum atomic E-state index is -0.240. The average molecular weight is 348 g/mol. The van der Waals surface area contributed by atoms with E-state index in [9.17, 15) is 4.79 Å². The second-order valence-corrected chi connectivity index (χ2v) is 6.13. The van der Waals surface area contributed by atoms with Crippen LogP contribution < -0.4 is 16.0 Å². The van der Waals surface area contributed by atoms with Crippen molar-refractivity contribution in [2.24, 2.45) is 4.99 Å². The summed E-state index contributed by atoms with van der Waals surface area (Å²) in [4.78, 5) is 16.9. The van der Waals surface area contributed by atoms with Crippen LogP contribution in [0.5, 0.6) is 0 Å². The molecule has 0 spiro atoms. The van der Waals surface area contributed by atoms with E-state index < -0.39 is 0 Å². The van der Waals surface area contributed by atoms with Gasteiger partial charge in [0.15, 0.2) is 5.82 Å². The minimum absolute atomic E-state index is 0.240. The van der Waals surface area contributed by atoms with Crippen molar-refractivity contribution in [3.63, 3.8) is 0 Å². The quantitative estimate of drug-likeness (QED) is 0.684. The molecule has 0 bridgehead atoms. The smallest absolute Gasteiger partial charge is 0.320 e. The van der Waals surface area contributed by atoms with Gasteiger partial charge >= 0.3 is 6.03 Å². The van der Waals surface area contributed by atoms with Crippen molar-refractivity contribution in [3.05, 3.63) is 77.7 Å². The van der Waals surface area contributed by atoms with Gasteiger partial charge in [-0.1, -0.05) is 68.3 Å². The molecule has 3 rings (SSSR count). The molecule has 0 radical (unpaired) electrons. The molecule has 1 heterocycles. The number of carbonyl (C=O) groups is 1. The number of amides is 2. The maximum Gasteiger partial charge on any atom is 0.320 e.